The predicted octanol–water partition coefficient (Wildman–Crippen LogP) is 1.72. The summed E-state index contributed by atoms with van der Waals surface area (Å²) in [5, 5.41) is 13.7. The van der Waals surface area contributed by atoms with E-state index in [-0.39, 0.29) is 35.8 Å². The predicted molar refractivity (Wildman–Crippen MR) is 101 cm³/mol. The van der Waals surface area contributed by atoms with E-state index in [0.29, 0.717) is 6.42 Å². The van der Waals surface area contributed by atoms with Crippen LogP contribution < -0.4 is 14.8 Å². The van der Waals surface area contributed by atoms with Gasteiger partial charge in [-0.15, -0.1) is 0 Å². The summed E-state index contributed by atoms with van der Waals surface area (Å²) in [6.07, 6.45) is -0.483. The second-order valence-corrected chi connectivity index (χ2v) is 5.88. The molecule has 0 saturated heterocycles. The molecule has 0 saturated carbocycles. The number of nitrogens with one attached hydrogen (secondary N) is 1. The van der Waals surface area contributed by atoms with Crippen molar-refractivity contribution < 1.29 is 43.0 Å². The van der Waals surface area contributed by atoms with Crippen LogP contribution in [0.4, 0.5) is 10.5 Å². The lowest BCUT2D eigenvalue weighted by Gasteiger charge is -2.14. The number of hydrogen-bond acceptors (Lipinski definition) is 10. The van der Waals surface area contributed by atoms with Gasteiger partial charge in [-0.1, -0.05) is 0 Å². The molecule has 12 heteroatoms. The summed E-state index contributed by atoms with van der Waals surface area (Å²) < 4.78 is 24.6. The lowest BCUT2D eigenvalue weighted by molar-refractivity contribution is -0.385. The van der Waals surface area contributed by atoms with Crippen LogP contribution in [0.15, 0.2) is 12.1 Å². The molecule has 0 aliphatic heterocycles. The van der Waals surface area contributed by atoms with E-state index in [1.807, 2.05) is 0 Å². The van der Waals surface area contributed by atoms with Gasteiger partial charge in [0.1, 0.15) is 12.6 Å². The maximum Gasteiger partial charge on any atom is 0.408 e. The molecule has 1 aromatic carbocycles. The summed E-state index contributed by atoms with van der Waals surface area (Å²) in [6, 6.07) is 1.50. The number of carbonyl (C=O) groups excluding carboxylic acids is 3. The molecule has 0 aliphatic carbocycles. The number of esters is 2. The van der Waals surface area contributed by atoms with Crippen molar-refractivity contribution in [3.05, 3.63) is 27.8 Å². The second-order valence-electron chi connectivity index (χ2n) is 5.88. The Balaban J connectivity index is 2.86. The van der Waals surface area contributed by atoms with Crippen molar-refractivity contribution in [3.63, 3.8) is 0 Å². The van der Waals surface area contributed by atoms with Crippen molar-refractivity contribution in [2.24, 2.45) is 0 Å². The number of rotatable bonds is 11. The highest BCUT2D eigenvalue weighted by atomic mass is 16.6. The highest BCUT2D eigenvalue weighted by Gasteiger charge is 2.22. The van der Waals surface area contributed by atoms with Gasteiger partial charge in [-0.25, -0.2) is 9.59 Å². The normalized spacial score (nSPS) is 11.1. The maximum absolute atomic E-state index is 11.8. The smallest absolute Gasteiger partial charge is 0.408 e. The summed E-state index contributed by atoms with van der Waals surface area (Å²) in [5.74, 6) is -0.792. The highest BCUT2D eigenvalue weighted by molar-refractivity contribution is 5.80. The van der Waals surface area contributed by atoms with Crippen molar-refractivity contribution in [3.8, 4) is 11.5 Å². The molecule has 12 nitrogen and oxygen atoms in total. The summed E-state index contributed by atoms with van der Waals surface area (Å²) in [5.41, 5.74) is -0.299. The first kappa shape index (κ1) is 24.5. The van der Waals surface area contributed by atoms with Crippen molar-refractivity contribution in [1.82, 2.24) is 5.32 Å². The molecule has 1 rings (SSSR count). The van der Waals surface area contributed by atoms with Gasteiger partial charge in [-0.05, 0) is 19.4 Å². The van der Waals surface area contributed by atoms with Crippen molar-refractivity contribution >= 4 is 23.7 Å². The summed E-state index contributed by atoms with van der Waals surface area (Å²) in [7, 11) is 3.78. The zero-order valence-electron chi connectivity index (χ0n) is 17.1. The Morgan fingerprint density at radius 3 is 2.40 bits per heavy atom. The second kappa shape index (κ2) is 12.1. The SMILES string of the molecule is COC(=O)CCCOc1cc([N+](=O)[O-])c(COC(=O)NC(C)C(=O)OC)cc1OC. The largest absolute Gasteiger partial charge is 0.493 e. The minimum atomic E-state index is -0.954. The van der Waals surface area contributed by atoms with Gasteiger partial charge >= 0.3 is 18.0 Å². The zero-order valence-corrected chi connectivity index (χ0v) is 17.1. The number of nitrogens with zero attached hydrogens (tertiary/aromatic N) is 1. The third kappa shape index (κ3) is 7.45. The summed E-state index contributed by atoms with van der Waals surface area (Å²) in [4.78, 5) is 45.0. The van der Waals surface area contributed by atoms with Crippen LogP contribution in [0.2, 0.25) is 0 Å². The molecule has 1 N–H and O–H groups in total. The lowest BCUT2D eigenvalue weighted by Crippen LogP contribution is -2.39. The molecule has 1 amide bonds. The van der Waals surface area contributed by atoms with Crippen LogP contribution in [0.1, 0.15) is 25.3 Å². The molecule has 0 fully saturated rings. The third-order valence-electron chi connectivity index (χ3n) is 3.82. The summed E-state index contributed by atoms with van der Waals surface area (Å²) in [6.45, 7) is 1.05. The van der Waals surface area contributed by atoms with E-state index in [4.69, 9.17) is 14.2 Å². The van der Waals surface area contributed by atoms with Gasteiger partial charge in [0.25, 0.3) is 5.69 Å². The van der Waals surface area contributed by atoms with Crippen molar-refractivity contribution in [2.75, 3.05) is 27.9 Å². The Labute approximate surface area is 172 Å². The number of alkyl carbamates (subject to hydrolysis) is 1. The van der Waals surface area contributed by atoms with E-state index in [2.05, 4.69) is 14.8 Å². The van der Waals surface area contributed by atoms with E-state index >= 15 is 0 Å². The van der Waals surface area contributed by atoms with E-state index in [1.165, 1.54) is 34.3 Å². The summed E-state index contributed by atoms with van der Waals surface area (Å²) >= 11 is 0. The average molecular weight is 428 g/mol. The van der Waals surface area contributed by atoms with Gasteiger partial charge in [0.2, 0.25) is 0 Å². The number of nitro benzene ring substituents is 1. The first-order valence-electron chi connectivity index (χ1n) is 8.79. The van der Waals surface area contributed by atoms with Crippen molar-refractivity contribution in [1.29, 1.82) is 0 Å². The Morgan fingerprint density at radius 1 is 1.13 bits per heavy atom. The zero-order chi connectivity index (χ0) is 22.7. The third-order valence-corrected chi connectivity index (χ3v) is 3.82. The van der Waals surface area contributed by atoms with Gasteiger partial charge in [0, 0.05) is 6.42 Å². The fraction of sp³-hybridized carbons (Fsp3) is 0.500. The molecule has 0 aliphatic rings. The topological polar surface area (TPSA) is 153 Å². The van der Waals surface area contributed by atoms with Gasteiger partial charge in [-0.3, -0.25) is 14.9 Å². The van der Waals surface area contributed by atoms with Gasteiger partial charge in [0.15, 0.2) is 11.5 Å². The van der Waals surface area contributed by atoms with Gasteiger partial charge in [-0.2, -0.15) is 0 Å². The number of hydrogen-bond donors (Lipinski definition) is 1. The minimum absolute atomic E-state index is 0.0552. The molecule has 0 radical (unpaired) electrons. The van der Waals surface area contributed by atoms with E-state index in [1.54, 1.807) is 0 Å². The van der Waals surface area contributed by atoms with Crippen LogP contribution in [-0.4, -0.2) is 56.9 Å². The number of methoxy groups -OCH3 is 3. The fourth-order valence-electron chi connectivity index (χ4n) is 2.25. The molecular weight excluding hydrogens is 404 g/mol. The fourth-order valence-corrected chi connectivity index (χ4v) is 2.25. The molecule has 166 valence electrons. The molecule has 1 unspecified atom stereocenters. The van der Waals surface area contributed by atoms with Crippen LogP contribution in [0.25, 0.3) is 0 Å². The quantitative estimate of drug-likeness (QED) is 0.181. The lowest BCUT2D eigenvalue weighted by atomic mass is 10.1. The number of carbonyl (C=O) groups is 3. The van der Waals surface area contributed by atoms with E-state index < -0.39 is 35.6 Å². The van der Waals surface area contributed by atoms with Gasteiger partial charge < -0.3 is 29.0 Å². The van der Waals surface area contributed by atoms with Crippen LogP contribution in [0.5, 0.6) is 11.5 Å². The number of amides is 1. The molecule has 1 aromatic rings. The Bertz CT molecular complexity index is 780. The van der Waals surface area contributed by atoms with Crippen LogP contribution in [0, 0.1) is 10.1 Å². The molecule has 0 aromatic heterocycles. The maximum atomic E-state index is 11.8. The Hall–Kier alpha value is -3.57. The standard InChI is InChI=1S/C18H24N2O10/c1-11(17(22)28-4)19-18(23)30-10-12-8-14(26-2)15(9-13(12)20(24)25)29-7-5-6-16(21)27-3/h8-9,11H,5-7,10H2,1-4H3,(H,19,23). The number of benzene rings is 1. The molecule has 30 heavy (non-hydrogen) atoms. The molecule has 0 heterocycles. The minimum Gasteiger partial charge on any atom is -0.493 e. The Kier molecular flexibility index (Phi) is 9.86. The van der Waals surface area contributed by atoms with Crippen molar-refractivity contribution in [2.45, 2.75) is 32.4 Å². The van der Waals surface area contributed by atoms with Crippen LogP contribution in [0.3, 0.4) is 0 Å². The highest BCUT2D eigenvalue weighted by Crippen LogP contribution is 2.35. The first-order chi connectivity index (χ1) is 14.2. The molecule has 0 bridgehead atoms. The van der Waals surface area contributed by atoms with Gasteiger partial charge in [0.05, 0.1) is 44.5 Å². The van der Waals surface area contributed by atoms with Crippen LogP contribution in [-0.2, 0) is 30.4 Å². The van der Waals surface area contributed by atoms with Crippen LogP contribution >= 0.6 is 0 Å². The van der Waals surface area contributed by atoms with E-state index in [0.717, 1.165) is 6.07 Å². The Morgan fingerprint density at radius 2 is 1.83 bits per heavy atom. The van der Waals surface area contributed by atoms with E-state index in [9.17, 15) is 24.5 Å². The average Bonchev–Trinajstić information content (AvgIpc) is 2.73. The number of nitro groups is 1. The monoisotopic (exact) mass is 428 g/mol. The number of ether oxygens (including phenoxy) is 5. The molecule has 1 atom stereocenters. The first-order valence-corrected chi connectivity index (χ1v) is 8.79. The molecule has 0 spiro atoms. The molecular formula is C18H24N2O10.